The summed E-state index contributed by atoms with van der Waals surface area (Å²) in [6.07, 6.45) is 0. The van der Waals surface area contributed by atoms with E-state index in [1.807, 2.05) is 12.1 Å². The van der Waals surface area contributed by atoms with Gasteiger partial charge in [-0.2, -0.15) is 0 Å². The second-order valence-electron chi connectivity index (χ2n) is 7.73. The lowest BCUT2D eigenvalue weighted by Crippen LogP contribution is -2.37. The predicted octanol–water partition coefficient (Wildman–Crippen LogP) is 1.13. The average molecular weight is 461 g/mol. The minimum Gasteiger partial charge on any atom is -0.507 e. The average Bonchev–Trinajstić information content (AvgIpc) is 3.13. The number of ether oxygens (including phenoxy) is 1. The van der Waals surface area contributed by atoms with E-state index in [2.05, 4.69) is 10.00 Å². The molecule has 1 aromatic heterocycles. The number of fused-ring (bicyclic) bond motifs is 2. The maximum atomic E-state index is 12.7. The highest BCUT2D eigenvalue weighted by Gasteiger charge is 2.22. The molecule has 0 saturated carbocycles. The minimum atomic E-state index is -0.307. The fraction of sp³-hybridized carbons (Fsp3) is 0.364. The summed E-state index contributed by atoms with van der Waals surface area (Å²) in [5, 5.41) is 36.3. The molecule has 0 radical (unpaired) electrons. The third-order valence-electron chi connectivity index (χ3n) is 5.94. The minimum absolute atomic E-state index is 0. The van der Waals surface area contributed by atoms with Crippen LogP contribution in [-0.2, 0) is 11.3 Å². The summed E-state index contributed by atoms with van der Waals surface area (Å²) < 4.78 is 7.11. The molecule has 0 bridgehead atoms. The van der Waals surface area contributed by atoms with Crippen molar-refractivity contribution >= 4 is 45.0 Å². The number of benzene rings is 3. The number of rotatable bonds is 5. The molecule has 5 rings (SSSR count). The van der Waals surface area contributed by atoms with Crippen LogP contribution in [-0.4, -0.2) is 76.0 Å². The van der Waals surface area contributed by atoms with Crippen LogP contribution in [0, 0.1) is 0 Å². The van der Waals surface area contributed by atoms with Crippen LogP contribution >= 0.6 is 12.4 Å². The number of hydrogen-bond acceptors (Lipinski definition) is 7. The lowest BCUT2D eigenvalue weighted by molar-refractivity contribution is 0.0394. The SMILES string of the molecule is Cl.O=c1ccc(O)c2c(O)c3c(=NCCN4CCOCC4)ccc4c3c([nH]n4CCO)c12. The highest BCUT2D eigenvalue weighted by molar-refractivity contribution is 6.23. The number of halogens is 1. The fourth-order valence-corrected chi connectivity index (χ4v) is 4.46. The summed E-state index contributed by atoms with van der Waals surface area (Å²) in [5.74, 6) is -0.333. The Kier molecular flexibility index (Phi) is 6.25. The van der Waals surface area contributed by atoms with Gasteiger partial charge < -0.3 is 20.1 Å². The van der Waals surface area contributed by atoms with Crippen LogP contribution in [0.2, 0.25) is 0 Å². The van der Waals surface area contributed by atoms with Gasteiger partial charge in [-0.3, -0.25) is 24.5 Å². The van der Waals surface area contributed by atoms with E-state index in [4.69, 9.17) is 9.73 Å². The van der Waals surface area contributed by atoms with E-state index in [0.717, 1.165) is 38.4 Å². The van der Waals surface area contributed by atoms with Gasteiger partial charge in [-0.25, -0.2) is 0 Å². The number of H-pyrrole nitrogens is 1. The molecule has 0 amide bonds. The molecule has 0 unspecified atom stereocenters. The zero-order valence-corrected chi connectivity index (χ0v) is 18.2. The van der Waals surface area contributed by atoms with Gasteiger partial charge in [0.1, 0.15) is 11.5 Å². The molecule has 1 saturated heterocycles. The highest BCUT2D eigenvalue weighted by Crippen LogP contribution is 2.41. The molecule has 4 aromatic rings. The van der Waals surface area contributed by atoms with E-state index in [9.17, 15) is 20.1 Å². The lowest BCUT2D eigenvalue weighted by Gasteiger charge is -2.25. The topological polar surface area (TPSA) is 123 Å². The van der Waals surface area contributed by atoms with Crippen LogP contribution < -0.4 is 10.8 Å². The summed E-state index contributed by atoms with van der Waals surface area (Å²) in [7, 11) is 0. The Morgan fingerprint density at radius 3 is 2.53 bits per heavy atom. The molecular formula is C22H25ClN4O5. The van der Waals surface area contributed by atoms with Crippen LogP contribution in [0.15, 0.2) is 34.1 Å². The monoisotopic (exact) mass is 460 g/mol. The first-order chi connectivity index (χ1) is 15.1. The van der Waals surface area contributed by atoms with Crippen LogP contribution in [0.3, 0.4) is 0 Å². The molecule has 0 atom stereocenters. The number of morpholine rings is 1. The van der Waals surface area contributed by atoms with Gasteiger partial charge in [0.25, 0.3) is 0 Å². The number of aliphatic hydroxyl groups is 1. The molecule has 9 nitrogen and oxygen atoms in total. The second-order valence-corrected chi connectivity index (χ2v) is 7.73. The highest BCUT2D eigenvalue weighted by atomic mass is 35.5. The van der Waals surface area contributed by atoms with Crippen LogP contribution in [0.4, 0.5) is 0 Å². The van der Waals surface area contributed by atoms with E-state index >= 15 is 0 Å². The third-order valence-corrected chi connectivity index (χ3v) is 5.94. The predicted molar refractivity (Wildman–Crippen MR) is 124 cm³/mol. The first-order valence-electron chi connectivity index (χ1n) is 10.4. The summed E-state index contributed by atoms with van der Waals surface area (Å²) >= 11 is 0. The number of phenols is 2. The van der Waals surface area contributed by atoms with Crippen molar-refractivity contribution in [3.63, 3.8) is 0 Å². The van der Waals surface area contributed by atoms with Gasteiger partial charge in [0.2, 0.25) is 0 Å². The van der Waals surface area contributed by atoms with E-state index in [0.29, 0.717) is 34.7 Å². The second kappa shape index (κ2) is 8.95. The van der Waals surface area contributed by atoms with Crippen molar-refractivity contribution in [1.82, 2.24) is 14.7 Å². The van der Waals surface area contributed by atoms with Gasteiger partial charge in [0.15, 0.2) is 5.43 Å². The Morgan fingerprint density at radius 1 is 1.00 bits per heavy atom. The molecule has 32 heavy (non-hydrogen) atoms. The smallest absolute Gasteiger partial charge is 0.189 e. The number of phenolic OH excluding ortho intramolecular Hbond substituents is 2. The quantitative estimate of drug-likeness (QED) is 0.331. The molecule has 10 heteroatoms. The molecule has 2 heterocycles. The van der Waals surface area contributed by atoms with E-state index < -0.39 is 0 Å². The summed E-state index contributed by atoms with van der Waals surface area (Å²) in [6, 6.07) is 6.27. The van der Waals surface area contributed by atoms with Crippen molar-refractivity contribution in [1.29, 1.82) is 0 Å². The first kappa shape index (κ1) is 22.3. The van der Waals surface area contributed by atoms with Gasteiger partial charge in [0.05, 0.1) is 65.5 Å². The zero-order valence-electron chi connectivity index (χ0n) is 17.4. The molecular weight excluding hydrogens is 436 g/mol. The molecule has 4 N–H and O–H groups in total. The molecule has 0 aliphatic carbocycles. The van der Waals surface area contributed by atoms with Crippen molar-refractivity contribution < 1.29 is 20.1 Å². The fourth-order valence-electron chi connectivity index (χ4n) is 4.46. The summed E-state index contributed by atoms with van der Waals surface area (Å²) in [5.41, 5.74) is 0.947. The van der Waals surface area contributed by atoms with E-state index in [1.54, 1.807) is 4.68 Å². The number of nitrogens with one attached hydrogen (secondary N) is 1. The first-order valence-corrected chi connectivity index (χ1v) is 10.4. The third kappa shape index (κ3) is 3.57. The largest absolute Gasteiger partial charge is 0.507 e. The number of aliphatic hydroxyl groups excluding tert-OH is 1. The van der Waals surface area contributed by atoms with Gasteiger partial charge in [0, 0.05) is 25.0 Å². The van der Waals surface area contributed by atoms with Crippen molar-refractivity contribution in [2.45, 2.75) is 6.54 Å². The summed E-state index contributed by atoms with van der Waals surface area (Å²) in [6.45, 7) is 4.71. The maximum Gasteiger partial charge on any atom is 0.189 e. The van der Waals surface area contributed by atoms with E-state index in [-0.39, 0.29) is 46.7 Å². The van der Waals surface area contributed by atoms with Crippen molar-refractivity contribution in [3.8, 4) is 11.5 Å². The Labute approximate surface area is 188 Å². The van der Waals surface area contributed by atoms with Crippen LogP contribution in [0.1, 0.15) is 0 Å². The normalized spacial score (nSPS) is 15.7. The number of aromatic hydroxyl groups is 2. The van der Waals surface area contributed by atoms with Crippen molar-refractivity contribution in [2.24, 2.45) is 4.99 Å². The summed E-state index contributed by atoms with van der Waals surface area (Å²) in [4.78, 5) is 19.7. The standard InChI is InChI=1S/C22H24N4O5.ClH/c27-10-7-26-14-2-1-13(23-5-6-25-8-11-31-12-9-25)17-18(14)21(24-26)19-15(28)3-4-16(29)20(19)22(17)30;/h1-4,24,27,29-30H,5-12H2;1H. The van der Waals surface area contributed by atoms with Crippen LogP contribution in [0.25, 0.3) is 32.6 Å². The van der Waals surface area contributed by atoms with Gasteiger partial charge in [-0.05, 0) is 24.3 Å². The molecule has 1 aliphatic heterocycles. The van der Waals surface area contributed by atoms with Crippen molar-refractivity contribution in [3.05, 3.63) is 39.8 Å². The van der Waals surface area contributed by atoms with E-state index in [1.165, 1.54) is 12.1 Å². The molecule has 1 fully saturated rings. The van der Waals surface area contributed by atoms with Gasteiger partial charge in [-0.15, -0.1) is 12.4 Å². The number of hydrogen-bond donors (Lipinski definition) is 4. The van der Waals surface area contributed by atoms with Gasteiger partial charge >= 0.3 is 0 Å². The molecule has 0 spiro atoms. The lowest BCUT2D eigenvalue weighted by atomic mass is 9.99. The molecule has 170 valence electrons. The molecule has 3 aromatic carbocycles. The number of nitrogens with zero attached hydrogens (tertiary/aromatic N) is 3. The zero-order chi connectivity index (χ0) is 21.5. The Morgan fingerprint density at radius 2 is 1.78 bits per heavy atom. The Hall–Kier alpha value is -2.85. The molecule has 1 aliphatic rings. The van der Waals surface area contributed by atoms with Crippen LogP contribution in [0.5, 0.6) is 11.5 Å². The van der Waals surface area contributed by atoms with Crippen molar-refractivity contribution in [2.75, 3.05) is 46.0 Å². The Bertz CT molecular complexity index is 1390. The number of aromatic nitrogens is 2. The van der Waals surface area contributed by atoms with Gasteiger partial charge in [-0.1, -0.05) is 0 Å². The Balaban J connectivity index is 0.00000245. The maximum absolute atomic E-state index is 12.7. The number of aromatic amines is 1.